The van der Waals surface area contributed by atoms with E-state index in [2.05, 4.69) is 36.0 Å². The molecular formula is C16H26N2O. The number of hydrogen-bond acceptors (Lipinski definition) is 3. The zero-order valence-corrected chi connectivity index (χ0v) is 12.1. The maximum absolute atomic E-state index is 10.2. The molecule has 1 aromatic rings. The van der Waals surface area contributed by atoms with Crippen LogP contribution in [0.25, 0.3) is 0 Å². The lowest BCUT2D eigenvalue weighted by Gasteiger charge is -2.39. The smallest absolute Gasteiger partial charge is 0.0695 e. The average molecular weight is 262 g/mol. The lowest BCUT2D eigenvalue weighted by Crippen LogP contribution is -2.45. The van der Waals surface area contributed by atoms with Crippen molar-refractivity contribution in [1.29, 1.82) is 0 Å². The fourth-order valence-corrected chi connectivity index (χ4v) is 3.25. The Morgan fingerprint density at radius 2 is 2.05 bits per heavy atom. The molecule has 1 saturated carbocycles. The molecule has 1 aliphatic carbocycles. The Kier molecular flexibility index (Phi) is 5.34. The zero-order valence-electron chi connectivity index (χ0n) is 12.1. The number of hydrogen-bond donors (Lipinski definition) is 1. The van der Waals surface area contributed by atoms with Gasteiger partial charge in [-0.1, -0.05) is 19.8 Å². The molecule has 0 saturated heterocycles. The predicted molar refractivity (Wildman–Crippen MR) is 77.7 cm³/mol. The third-order valence-electron chi connectivity index (χ3n) is 4.33. The number of aliphatic hydroxyl groups is 1. The van der Waals surface area contributed by atoms with Gasteiger partial charge in [-0.05, 0) is 49.9 Å². The second kappa shape index (κ2) is 7.01. The second-order valence-corrected chi connectivity index (χ2v) is 5.87. The second-order valence-electron chi connectivity index (χ2n) is 5.87. The highest BCUT2D eigenvalue weighted by atomic mass is 16.3. The summed E-state index contributed by atoms with van der Waals surface area (Å²) in [7, 11) is 2.13. The zero-order chi connectivity index (χ0) is 13.7. The largest absolute Gasteiger partial charge is 0.391 e. The summed E-state index contributed by atoms with van der Waals surface area (Å²) in [6, 6.07) is 4.41. The van der Waals surface area contributed by atoms with Gasteiger partial charge in [0, 0.05) is 25.0 Å². The summed E-state index contributed by atoms with van der Waals surface area (Å²) in [5.74, 6) is 0.790. The third-order valence-corrected chi connectivity index (χ3v) is 4.33. The first kappa shape index (κ1) is 14.5. The normalized spacial score (nSPS) is 27.7. The van der Waals surface area contributed by atoms with Crippen LogP contribution < -0.4 is 0 Å². The molecule has 0 aliphatic heterocycles. The van der Waals surface area contributed by atoms with Crippen molar-refractivity contribution in [3.05, 3.63) is 30.1 Å². The van der Waals surface area contributed by atoms with Crippen LogP contribution in [0.5, 0.6) is 0 Å². The molecular weight excluding hydrogens is 236 g/mol. The summed E-state index contributed by atoms with van der Waals surface area (Å²) in [4.78, 5) is 6.36. The first-order valence-electron chi connectivity index (χ1n) is 7.48. The molecule has 106 valence electrons. The van der Waals surface area contributed by atoms with Crippen molar-refractivity contribution in [1.82, 2.24) is 9.88 Å². The Hall–Kier alpha value is -0.930. The summed E-state index contributed by atoms with van der Waals surface area (Å²) in [5, 5.41) is 10.2. The van der Waals surface area contributed by atoms with Crippen LogP contribution in [0.2, 0.25) is 0 Å². The van der Waals surface area contributed by atoms with E-state index in [0.717, 1.165) is 25.3 Å². The minimum Gasteiger partial charge on any atom is -0.391 e. The number of pyridine rings is 1. The van der Waals surface area contributed by atoms with Crippen LogP contribution in [0.3, 0.4) is 0 Å². The molecule has 1 aromatic heterocycles. The lowest BCUT2D eigenvalue weighted by atomic mass is 9.81. The first-order valence-corrected chi connectivity index (χ1v) is 7.48. The number of aromatic nitrogens is 1. The molecule has 0 bridgehead atoms. The molecule has 3 nitrogen and oxygen atoms in total. The van der Waals surface area contributed by atoms with Crippen molar-refractivity contribution >= 4 is 0 Å². The van der Waals surface area contributed by atoms with Crippen molar-refractivity contribution in [3.8, 4) is 0 Å². The van der Waals surface area contributed by atoms with Gasteiger partial charge in [0.15, 0.2) is 0 Å². The van der Waals surface area contributed by atoms with E-state index in [4.69, 9.17) is 0 Å². The van der Waals surface area contributed by atoms with Crippen LogP contribution in [-0.2, 0) is 6.54 Å². The highest BCUT2D eigenvalue weighted by Crippen LogP contribution is 2.31. The summed E-state index contributed by atoms with van der Waals surface area (Å²) in [6.07, 6.45) is 9.33. The van der Waals surface area contributed by atoms with Gasteiger partial charge in [0.25, 0.3) is 0 Å². The van der Waals surface area contributed by atoms with Crippen LogP contribution >= 0.6 is 0 Å². The van der Waals surface area contributed by atoms with Crippen molar-refractivity contribution in [2.24, 2.45) is 5.92 Å². The minimum atomic E-state index is -0.167. The summed E-state index contributed by atoms with van der Waals surface area (Å²) in [5.41, 5.74) is 1.27. The van der Waals surface area contributed by atoms with Crippen LogP contribution in [-0.4, -0.2) is 34.2 Å². The van der Waals surface area contributed by atoms with Crippen molar-refractivity contribution in [2.75, 3.05) is 7.05 Å². The SMILES string of the molecule is CCCC1CCC(O)C(N(C)Cc2ccncc2)C1. The van der Waals surface area contributed by atoms with E-state index in [1.54, 1.807) is 0 Å². The van der Waals surface area contributed by atoms with E-state index in [9.17, 15) is 5.11 Å². The van der Waals surface area contributed by atoms with Gasteiger partial charge in [-0.2, -0.15) is 0 Å². The maximum Gasteiger partial charge on any atom is 0.0695 e. The number of rotatable bonds is 5. The third kappa shape index (κ3) is 4.02. The van der Waals surface area contributed by atoms with E-state index in [-0.39, 0.29) is 6.10 Å². The number of nitrogens with zero attached hydrogens (tertiary/aromatic N) is 2. The van der Waals surface area contributed by atoms with Crippen molar-refractivity contribution < 1.29 is 5.11 Å². The summed E-state index contributed by atoms with van der Waals surface area (Å²) >= 11 is 0. The number of aliphatic hydroxyl groups excluding tert-OH is 1. The molecule has 1 fully saturated rings. The summed E-state index contributed by atoms with van der Waals surface area (Å²) < 4.78 is 0. The molecule has 19 heavy (non-hydrogen) atoms. The monoisotopic (exact) mass is 262 g/mol. The average Bonchev–Trinajstić information content (AvgIpc) is 2.42. The predicted octanol–water partition coefficient (Wildman–Crippen LogP) is 2.84. The first-order chi connectivity index (χ1) is 9.20. The van der Waals surface area contributed by atoms with Crippen LogP contribution in [0.1, 0.15) is 44.6 Å². The fourth-order valence-electron chi connectivity index (χ4n) is 3.25. The Morgan fingerprint density at radius 1 is 1.32 bits per heavy atom. The number of likely N-dealkylation sites (N-methyl/N-ethyl adjacent to an activating group) is 1. The Balaban J connectivity index is 1.94. The van der Waals surface area contributed by atoms with Gasteiger partial charge >= 0.3 is 0 Å². The molecule has 0 aromatic carbocycles. The molecule has 2 rings (SSSR count). The van der Waals surface area contributed by atoms with Gasteiger partial charge in [0.2, 0.25) is 0 Å². The van der Waals surface area contributed by atoms with Gasteiger partial charge in [0.1, 0.15) is 0 Å². The highest BCUT2D eigenvalue weighted by Gasteiger charge is 2.31. The molecule has 1 N–H and O–H groups in total. The van der Waals surface area contributed by atoms with E-state index in [1.165, 1.54) is 24.8 Å². The highest BCUT2D eigenvalue weighted by molar-refractivity contribution is 5.09. The van der Waals surface area contributed by atoms with E-state index < -0.39 is 0 Å². The van der Waals surface area contributed by atoms with Gasteiger partial charge < -0.3 is 5.11 Å². The topological polar surface area (TPSA) is 36.4 Å². The molecule has 0 spiro atoms. The fraction of sp³-hybridized carbons (Fsp3) is 0.688. The van der Waals surface area contributed by atoms with Crippen LogP contribution in [0.15, 0.2) is 24.5 Å². The molecule has 0 amide bonds. The summed E-state index contributed by atoms with van der Waals surface area (Å²) in [6.45, 7) is 3.14. The maximum atomic E-state index is 10.2. The van der Waals surface area contributed by atoms with Gasteiger partial charge in [0.05, 0.1) is 6.10 Å². The van der Waals surface area contributed by atoms with Crippen LogP contribution in [0.4, 0.5) is 0 Å². The Labute approximate surface area is 116 Å². The van der Waals surface area contributed by atoms with Gasteiger partial charge in [-0.3, -0.25) is 9.88 Å². The molecule has 0 radical (unpaired) electrons. The molecule has 3 atom stereocenters. The Bertz CT molecular complexity index is 368. The van der Waals surface area contributed by atoms with Gasteiger partial charge in [-0.25, -0.2) is 0 Å². The molecule has 1 heterocycles. The van der Waals surface area contributed by atoms with Gasteiger partial charge in [-0.15, -0.1) is 0 Å². The quantitative estimate of drug-likeness (QED) is 0.886. The van der Waals surface area contributed by atoms with E-state index in [0.29, 0.717) is 6.04 Å². The van der Waals surface area contributed by atoms with E-state index in [1.807, 2.05) is 12.4 Å². The molecule has 3 unspecified atom stereocenters. The van der Waals surface area contributed by atoms with E-state index >= 15 is 0 Å². The van der Waals surface area contributed by atoms with Crippen molar-refractivity contribution in [2.45, 2.75) is 57.7 Å². The molecule has 1 aliphatic rings. The lowest BCUT2D eigenvalue weighted by molar-refractivity contribution is 0.00957. The van der Waals surface area contributed by atoms with Crippen LogP contribution in [0, 0.1) is 5.92 Å². The minimum absolute atomic E-state index is 0.167. The standard InChI is InChI=1S/C16H26N2O/c1-3-4-13-5-6-16(19)15(11-13)18(2)12-14-7-9-17-10-8-14/h7-10,13,15-16,19H,3-6,11-12H2,1-2H3. The molecule has 3 heteroatoms. The Morgan fingerprint density at radius 3 is 2.74 bits per heavy atom. The van der Waals surface area contributed by atoms with Crippen molar-refractivity contribution in [3.63, 3.8) is 0 Å².